The maximum atomic E-state index is 8.72. The van der Waals surface area contributed by atoms with Crippen molar-refractivity contribution in [2.75, 3.05) is 6.54 Å². The maximum absolute atomic E-state index is 8.72. The van der Waals surface area contributed by atoms with Crippen LogP contribution in [0.3, 0.4) is 0 Å². The molecule has 0 rings (SSSR count). The normalized spacial score (nSPS) is 14.2. The van der Waals surface area contributed by atoms with Crippen LogP contribution in [0.25, 0.3) is 0 Å². The highest BCUT2D eigenvalue weighted by atomic mass is 16.3. The van der Waals surface area contributed by atoms with Crippen molar-refractivity contribution in [1.82, 2.24) is 0 Å². The first-order valence-corrected chi connectivity index (χ1v) is 2.61. The van der Waals surface area contributed by atoms with Crippen molar-refractivity contribution in [1.29, 1.82) is 0 Å². The van der Waals surface area contributed by atoms with Gasteiger partial charge in [-0.1, -0.05) is 6.08 Å². The molecule has 0 saturated heterocycles. The number of nitrogens with zero attached hydrogens (tertiary/aromatic N) is 1. The third kappa shape index (κ3) is 3.56. The standard InChI is InChI=1S/C6H11NO/c1-3-6(8)5-7-4-2/h3,5-6,8H,1,4H2,2H3. The van der Waals surface area contributed by atoms with Crippen molar-refractivity contribution in [2.24, 2.45) is 4.99 Å². The van der Waals surface area contributed by atoms with Crippen LogP contribution in [-0.4, -0.2) is 24.0 Å². The van der Waals surface area contributed by atoms with Crippen LogP contribution in [0.4, 0.5) is 0 Å². The monoisotopic (exact) mass is 113 g/mol. The Balaban J connectivity index is 3.35. The lowest BCUT2D eigenvalue weighted by Gasteiger charge is -1.91. The molecule has 0 bridgehead atoms. The van der Waals surface area contributed by atoms with E-state index in [1.807, 2.05) is 6.92 Å². The van der Waals surface area contributed by atoms with Crippen molar-refractivity contribution in [2.45, 2.75) is 13.0 Å². The fourth-order valence-corrected chi connectivity index (χ4v) is 0.274. The van der Waals surface area contributed by atoms with Gasteiger partial charge in [0.2, 0.25) is 0 Å². The molecule has 0 aromatic heterocycles. The average molecular weight is 113 g/mol. The molecule has 0 heterocycles. The molecular formula is C6H11NO. The summed E-state index contributed by atoms with van der Waals surface area (Å²) in [5.41, 5.74) is 0. The van der Waals surface area contributed by atoms with E-state index in [0.717, 1.165) is 0 Å². The molecule has 0 spiro atoms. The third-order valence-electron chi connectivity index (χ3n) is 0.682. The molecule has 0 aliphatic rings. The molecule has 0 aliphatic carbocycles. The van der Waals surface area contributed by atoms with E-state index < -0.39 is 6.10 Å². The average Bonchev–Trinajstić information content (AvgIpc) is 1.83. The van der Waals surface area contributed by atoms with Gasteiger partial charge in [0.05, 0.1) is 0 Å². The van der Waals surface area contributed by atoms with Gasteiger partial charge in [-0.25, -0.2) is 0 Å². The molecule has 46 valence electrons. The highest BCUT2D eigenvalue weighted by molar-refractivity contribution is 5.64. The molecule has 8 heavy (non-hydrogen) atoms. The van der Waals surface area contributed by atoms with Gasteiger partial charge in [0, 0.05) is 12.8 Å². The maximum Gasteiger partial charge on any atom is 0.107 e. The lowest BCUT2D eigenvalue weighted by atomic mass is 10.4. The molecule has 1 N–H and O–H groups in total. The summed E-state index contributed by atoms with van der Waals surface area (Å²) in [7, 11) is 0. The van der Waals surface area contributed by atoms with Crippen LogP contribution in [0.1, 0.15) is 6.92 Å². The Morgan fingerprint density at radius 3 is 2.88 bits per heavy atom. The molecule has 2 heteroatoms. The van der Waals surface area contributed by atoms with Gasteiger partial charge in [-0.3, -0.25) is 4.99 Å². The van der Waals surface area contributed by atoms with Crippen molar-refractivity contribution < 1.29 is 5.11 Å². The fraction of sp³-hybridized carbons (Fsp3) is 0.500. The number of rotatable bonds is 3. The predicted octanol–water partition coefficient (Wildman–Crippen LogP) is 0.624. The quantitative estimate of drug-likeness (QED) is 0.422. The predicted molar refractivity (Wildman–Crippen MR) is 35.2 cm³/mol. The van der Waals surface area contributed by atoms with Gasteiger partial charge in [-0.15, -0.1) is 6.58 Å². The highest BCUT2D eigenvalue weighted by Crippen LogP contribution is 1.76. The Morgan fingerprint density at radius 1 is 1.88 bits per heavy atom. The van der Waals surface area contributed by atoms with E-state index in [1.165, 1.54) is 12.3 Å². The van der Waals surface area contributed by atoms with Gasteiger partial charge >= 0.3 is 0 Å². The van der Waals surface area contributed by atoms with Gasteiger partial charge in [-0.05, 0) is 6.92 Å². The molecule has 1 unspecified atom stereocenters. The van der Waals surface area contributed by atoms with Crippen LogP contribution in [0, 0.1) is 0 Å². The van der Waals surface area contributed by atoms with Gasteiger partial charge in [0.1, 0.15) is 6.10 Å². The Morgan fingerprint density at radius 2 is 2.50 bits per heavy atom. The number of hydrogen-bond donors (Lipinski definition) is 1. The molecule has 0 amide bonds. The lowest BCUT2D eigenvalue weighted by molar-refractivity contribution is 0.294. The minimum absolute atomic E-state index is 0.574. The van der Waals surface area contributed by atoms with Crippen LogP contribution >= 0.6 is 0 Å². The van der Waals surface area contributed by atoms with E-state index in [9.17, 15) is 0 Å². The van der Waals surface area contributed by atoms with Crippen LogP contribution in [0.15, 0.2) is 17.6 Å². The Bertz CT molecular complexity index is 88.5. The van der Waals surface area contributed by atoms with E-state index in [4.69, 9.17) is 5.11 Å². The second-order valence-corrected chi connectivity index (χ2v) is 1.37. The van der Waals surface area contributed by atoms with Crippen LogP contribution < -0.4 is 0 Å². The Kier molecular flexibility index (Phi) is 4.17. The summed E-state index contributed by atoms with van der Waals surface area (Å²) in [5.74, 6) is 0. The van der Waals surface area contributed by atoms with Crippen molar-refractivity contribution in [3.8, 4) is 0 Å². The summed E-state index contributed by atoms with van der Waals surface area (Å²) < 4.78 is 0. The van der Waals surface area contributed by atoms with Gasteiger partial charge < -0.3 is 5.11 Å². The van der Waals surface area contributed by atoms with Crippen molar-refractivity contribution >= 4 is 6.21 Å². The van der Waals surface area contributed by atoms with Crippen molar-refractivity contribution in [3.05, 3.63) is 12.7 Å². The summed E-state index contributed by atoms with van der Waals surface area (Å²) >= 11 is 0. The first-order chi connectivity index (χ1) is 3.81. The zero-order chi connectivity index (χ0) is 6.41. The molecule has 0 aromatic rings. The largest absolute Gasteiger partial charge is 0.383 e. The van der Waals surface area contributed by atoms with E-state index in [0.29, 0.717) is 6.54 Å². The number of aliphatic imine (C=N–C) groups is 1. The highest BCUT2D eigenvalue weighted by Gasteiger charge is 1.85. The minimum atomic E-state index is -0.574. The molecule has 0 aliphatic heterocycles. The lowest BCUT2D eigenvalue weighted by Crippen LogP contribution is -2.02. The van der Waals surface area contributed by atoms with E-state index in [1.54, 1.807) is 0 Å². The van der Waals surface area contributed by atoms with E-state index in [-0.39, 0.29) is 0 Å². The second-order valence-electron chi connectivity index (χ2n) is 1.37. The number of aliphatic hydroxyl groups is 1. The zero-order valence-electron chi connectivity index (χ0n) is 5.04. The third-order valence-corrected chi connectivity index (χ3v) is 0.682. The first-order valence-electron chi connectivity index (χ1n) is 2.61. The smallest absolute Gasteiger partial charge is 0.107 e. The molecule has 1 atom stereocenters. The summed E-state index contributed by atoms with van der Waals surface area (Å²) in [6.07, 6.45) is 2.32. The summed E-state index contributed by atoms with van der Waals surface area (Å²) in [6.45, 7) is 5.99. The second kappa shape index (κ2) is 4.53. The van der Waals surface area contributed by atoms with Gasteiger partial charge in [0.15, 0.2) is 0 Å². The van der Waals surface area contributed by atoms with Crippen LogP contribution in [0.5, 0.6) is 0 Å². The summed E-state index contributed by atoms with van der Waals surface area (Å²) in [5, 5.41) is 8.72. The molecule has 0 radical (unpaired) electrons. The molecule has 2 nitrogen and oxygen atoms in total. The van der Waals surface area contributed by atoms with E-state index in [2.05, 4.69) is 11.6 Å². The molecule has 0 saturated carbocycles. The van der Waals surface area contributed by atoms with Crippen molar-refractivity contribution in [3.63, 3.8) is 0 Å². The molecule has 0 aromatic carbocycles. The Hall–Kier alpha value is -0.630. The molecule has 0 fully saturated rings. The fourth-order valence-electron chi connectivity index (χ4n) is 0.274. The van der Waals surface area contributed by atoms with Crippen LogP contribution in [-0.2, 0) is 0 Å². The topological polar surface area (TPSA) is 32.6 Å². The first kappa shape index (κ1) is 7.37. The van der Waals surface area contributed by atoms with E-state index >= 15 is 0 Å². The van der Waals surface area contributed by atoms with Crippen LogP contribution in [0.2, 0.25) is 0 Å². The van der Waals surface area contributed by atoms with Gasteiger partial charge in [-0.2, -0.15) is 0 Å². The summed E-state index contributed by atoms with van der Waals surface area (Å²) in [6, 6.07) is 0. The molecular weight excluding hydrogens is 102 g/mol. The van der Waals surface area contributed by atoms with Gasteiger partial charge in [0.25, 0.3) is 0 Å². The Labute approximate surface area is 49.6 Å². The number of hydrogen-bond acceptors (Lipinski definition) is 2. The minimum Gasteiger partial charge on any atom is -0.383 e. The SMILES string of the molecule is C=CC(O)C=NCC. The summed E-state index contributed by atoms with van der Waals surface area (Å²) in [4.78, 5) is 3.80. The number of aliphatic hydroxyl groups excluding tert-OH is 1. The zero-order valence-corrected chi connectivity index (χ0v) is 5.04.